The molecule has 0 radical (unpaired) electrons. The lowest BCUT2D eigenvalue weighted by Crippen LogP contribution is -1.97. The zero-order valence-corrected chi connectivity index (χ0v) is 8.79. The van der Waals surface area contributed by atoms with Crippen LogP contribution in [0.3, 0.4) is 0 Å². The van der Waals surface area contributed by atoms with Crippen molar-refractivity contribution in [3.63, 3.8) is 0 Å². The number of hydrogen-bond acceptors (Lipinski definition) is 2. The van der Waals surface area contributed by atoms with Gasteiger partial charge < -0.3 is 5.11 Å². The summed E-state index contributed by atoms with van der Waals surface area (Å²) in [5.74, 6) is 0. The molecular formula is C12H12OS. The van der Waals surface area contributed by atoms with Crippen LogP contribution in [0.2, 0.25) is 0 Å². The van der Waals surface area contributed by atoms with Gasteiger partial charge in [0.05, 0.1) is 0 Å². The standard InChI is InChI=1S/C12H12OS/c1-9-2-4-10(5-3-9)12(13)11-6-7-14-8-11/h2-8,12-13H,1H3. The maximum absolute atomic E-state index is 9.98. The molecule has 0 aliphatic rings. The van der Waals surface area contributed by atoms with Gasteiger partial charge in [-0.05, 0) is 34.9 Å². The van der Waals surface area contributed by atoms with Gasteiger partial charge in [0.2, 0.25) is 0 Å². The second-order valence-electron chi connectivity index (χ2n) is 3.37. The lowest BCUT2D eigenvalue weighted by molar-refractivity contribution is 0.221. The first-order chi connectivity index (χ1) is 6.77. The van der Waals surface area contributed by atoms with Gasteiger partial charge in [0.25, 0.3) is 0 Å². The van der Waals surface area contributed by atoms with Crippen molar-refractivity contribution >= 4 is 11.3 Å². The van der Waals surface area contributed by atoms with Crippen LogP contribution in [0.5, 0.6) is 0 Å². The van der Waals surface area contributed by atoms with E-state index in [2.05, 4.69) is 0 Å². The van der Waals surface area contributed by atoms with E-state index >= 15 is 0 Å². The van der Waals surface area contributed by atoms with Crippen molar-refractivity contribution in [1.82, 2.24) is 0 Å². The Morgan fingerprint density at radius 1 is 1.07 bits per heavy atom. The summed E-state index contributed by atoms with van der Waals surface area (Å²) in [4.78, 5) is 0. The van der Waals surface area contributed by atoms with Crippen molar-refractivity contribution in [3.8, 4) is 0 Å². The zero-order chi connectivity index (χ0) is 9.97. The van der Waals surface area contributed by atoms with E-state index in [1.54, 1.807) is 11.3 Å². The van der Waals surface area contributed by atoms with Crippen LogP contribution in [0.1, 0.15) is 22.8 Å². The minimum atomic E-state index is -0.484. The predicted octanol–water partition coefficient (Wildman–Crippen LogP) is 3.14. The molecule has 1 heterocycles. The van der Waals surface area contributed by atoms with Crippen molar-refractivity contribution in [2.45, 2.75) is 13.0 Å². The van der Waals surface area contributed by atoms with E-state index in [0.717, 1.165) is 11.1 Å². The molecule has 1 aromatic heterocycles. The van der Waals surface area contributed by atoms with E-state index in [9.17, 15) is 5.11 Å². The van der Waals surface area contributed by atoms with Crippen LogP contribution in [0.25, 0.3) is 0 Å². The van der Waals surface area contributed by atoms with E-state index in [1.807, 2.05) is 48.0 Å². The van der Waals surface area contributed by atoms with Gasteiger partial charge in [0.15, 0.2) is 0 Å². The second-order valence-corrected chi connectivity index (χ2v) is 4.15. The van der Waals surface area contributed by atoms with E-state index in [4.69, 9.17) is 0 Å². The average molecular weight is 204 g/mol. The molecule has 0 spiro atoms. The SMILES string of the molecule is Cc1ccc(C(O)c2ccsc2)cc1. The van der Waals surface area contributed by atoms with Gasteiger partial charge in [-0.15, -0.1) is 0 Å². The van der Waals surface area contributed by atoms with Gasteiger partial charge in [-0.1, -0.05) is 29.8 Å². The summed E-state index contributed by atoms with van der Waals surface area (Å²) < 4.78 is 0. The molecule has 0 aliphatic heterocycles. The number of aryl methyl sites for hydroxylation is 1. The highest BCUT2D eigenvalue weighted by Gasteiger charge is 2.09. The van der Waals surface area contributed by atoms with E-state index in [-0.39, 0.29) is 0 Å². The van der Waals surface area contributed by atoms with Gasteiger partial charge in [-0.2, -0.15) is 11.3 Å². The van der Waals surface area contributed by atoms with Crippen molar-refractivity contribution in [1.29, 1.82) is 0 Å². The fourth-order valence-electron chi connectivity index (χ4n) is 1.37. The molecule has 0 saturated carbocycles. The van der Waals surface area contributed by atoms with Gasteiger partial charge >= 0.3 is 0 Å². The Morgan fingerprint density at radius 3 is 2.36 bits per heavy atom. The lowest BCUT2D eigenvalue weighted by atomic mass is 10.0. The molecule has 1 nitrogen and oxygen atoms in total. The molecule has 0 amide bonds. The molecular weight excluding hydrogens is 192 g/mol. The third kappa shape index (κ3) is 1.86. The Kier molecular flexibility index (Phi) is 2.66. The molecule has 0 fully saturated rings. The molecule has 72 valence electrons. The summed E-state index contributed by atoms with van der Waals surface area (Å²) in [5, 5.41) is 13.9. The minimum Gasteiger partial charge on any atom is -0.384 e. The van der Waals surface area contributed by atoms with Crippen molar-refractivity contribution < 1.29 is 5.11 Å². The van der Waals surface area contributed by atoms with Crippen LogP contribution in [-0.2, 0) is 0 Å². The Labute approximate surface area is 87.7 Å². The first-order valence-corrected chi connectivity index (χ1v) is 5.48. The monoisotopic (exact) mass is 204 g/mol. The number of aliphatic hydroxyl groups is 1. The summed E-state index contributed by atoms with van der Waals surface area (Å²) in [6.07, 6.45) is -0.484. The number of hydrogen-bond donors (Lipinski definition) is 1. The summed E-state index contributed by atoms with van der Waals surface area (Å²) in [6, 6.07) is 9.93. The van der Waals surface area contributed by atoms with Crippen LogP contribution in [0.4, 0.5) is 0 Å². The molecule has 2 heteroatoms. The lowest BCUT2D eigenvalue weighted by Gasteiger charge is -2.09. The molecule has 1 atom stereocenters. The normalized spacial score (nSPS) is 12.7. The molecule has 1 N–H and O–H groups in total. The number of rotatable bonds is 2. The highest BCUT2D eigenvalue weighted by Crippen LogP contribution is 2.23. The van der Waals surface area contributed by atoms with Crippen molar-refractivity contribution in [3.05, 3.63) is 57.8 Å². The van der Waals surface area contributed by atoms with E-state index in [1.165, 1.54) is 5.56 Å². The average Bonchev–Trinajstić information content (AvgIpc) is 2.71. The fourth-order valence-corrected chi connectivity index (χ4v) is 2.05. The van der Waals surface area contributed by atoms with Crippen molar-refractivity contribution in [2.24, 2.45) is 0 Å². The second kappa shape index (κ2) is 3.95. The smallest absolute Gasteiger partial charge is 0.105 e. The Hall–Kier alpha value is -1.12. The van der Waals surface area contributed by atoms with Crippen LogP contribution in [-0.4, -0.2) is 5.11 Å². The van der Waals surface area contributed by atoms with Gasteiger partial charge in [0, 0.05) is 0 Å². The largest absolute Gasteiger partial charge is 0.384 e. The van der Waals surface area contributed by atoms with Crippen LogP contribution in [0, 0.1) is 6.92 Å². The van der Waals surface area contributed by atoms with E-state index < -0.39 is 6.10 Å². The highest BCUT2D eigenvalue weighted by atomic mass is 32.1. The first kappa shape index (κ1) is 9.44. The highest BCUT2D eigenvalue weighted by molar-refractivity contribution is 7.07. The topological polar surface area (TPSA) is 20.2 Å². The maximum Gasteiger partial charge on any atom is 0.105 e. The molecule has 0 saturated heterocycles. The summed E-state index contributed by atoms with van der Waals surface area (Å²) in [6.45, 7) is 2.04. The first-order valence-electron chi connectivity index (χ1n) is 4.54. The zero-order valence-electron chi connectivity index (χ0n) is 7.97. The molecule has 0 bridgehead atoms. The molecule has 2 rings (SSSR count). The Morgan fingerprint density at radius 2 is 1.79 bits per heavy atom. The van der Waals surface area contributed by atoms with Gasteiger partial charge in [-0.3, -0.25) is 0 Å². The Balaban J connectivity index is 2.28. The number of thiophene rings is 1. The molecule has 1 aromatic carbocycles. The molecule has 14 heavy (non-hydrogen) atoms. The Bertz CT molecular complexity index is 389. The van der Waals surface area contributed by atoms with Gasteiger partial charge in [0.1, 0.15) is 6.10 Å². The summed E-state index contributed by atoms with van der Waals surface area (Å²) in [7, 11) is 0. The fraction of sp³-hybridized carbons (Fsp3) is 0.167. The quantitative estimate of drug-likeness (QED) is 0.796. The third-order valence-electron chi connectivity index (χ3n) is 2.25. The molecule has 2 aromatic rings. The molecule has 0 aliphatic carbocycles. The van der Waals surface area contributed by atoms with E-state index in [0.29, 0.717) is 0 Å². The minimum absolute atomic E-state index is 0.484. The third-order valence-corrected chi connectivity index (χ3v) is 2.95. The van der Waals surface area contributed by atoms with Crippen molar-refractivity contribution in [2.75, 3.05) is 0 Å². The molecule has 1 unspecified atom stereocenters. The van der Waals surface area contributed by atoms with Gasteiger partial charge in [-0.25, -0.2) is 0 Å². The van der Waals surface area contributed by atoms with Crippen LogP contribution >= 0.6 is 11.3 Å². The summed E-state index contributed by atoms with van der Waals surface area (Å²) in [5.41, 5.74) is 3.14. The summed E-state index contributed by atoms with van der Waals surface area (Å²) >= 11 is 1.61. The maximum atomic E-state index is 9.98. The van der Waals surface area contributed by atoms with Crippen LogP contribution < -0.4 is 0 Å². The number of benzene rings is 1. The van der Waals surface area contributed by atoms with Crippen LogP contribution in [0.15, 0.2) is 41.1 Å². The predicted molar refractivity (Wildman–Crippen MR) is 59.6 cm³/mol. The number of aliphatic hydroxyl groups excluding tert-OH is 1.